The van der Waals surface area contributed by atoms with Crippen LogP contribution in [0.3, 0.4) is 0 Å². The van der Waals surface area contributed by atoms with E-state index in [-0.39, 0.29) is 20.9 Å². The van der Waals surface area contributed by atoms with E-state index in [0.717, 1.165) is 54.1 Å². The molecule has 0 spiro atoms. The maximum Gasteiger partial charge on any atom is 0.369 e. The Morgan fingerprint density at radius 3 is 1.63 bits per heavy atom. The molecule has 7 nitrogen and oxygen atoms in total. The predicted octanol–water partition coefficient (Wildman–Crippen LogP) is 11.8. The predicted molar refractivity (Wildman–Crippen MR) is 231 cm³/mol. The SMILES string of the molecule is BrB(Br)Br.CCCc1ccc(Oc2ccc(C#CCCBr)cn2)c(O)c1.CCCc1ccc(Oc2ccc(C#CCCO)cn2)c(OC)c1.ClCCl. The van der Waals surface area contributed by atoms with E-state index in [9.17, 15) is 5.11 Å². The number of phenolic OH excluding ortho intramolecular Hbond substituents is 1. The molecule has 0 bridgehead atoms. The fraction of sp³-hybridized carbons (Fsp3) is 0.316. The number of hydrogen-bond donors (Lipinski definition) is 2. The molecule has 2 aromatic heterocycles. The van der Waals surface area contributed by atoms with Gasteiger partial charge in [-0.1, -0.05) is 78.4 Å². The normalized spacial score (nSPS) is 9.42. The summed E-state index contributed by atoms with van der Waals surface area (Å²) in [6, 6.07) is 18.6. The van der Waals surface area contributed by atoms with Gasteiger partial charge in [0.15, 0.2) is 23.0 Å². The third-order valence-electron chi connectivity index (χ3n) is 6.15. The Morgan fingerprint density at radius 1 is 0.731 bits per heavy atom. The minimum Gasteiger partial charge on any atom is -0.504 e. The first kappa shape index (κ1) is 47.6. The van der Waals surface area contributed by atoms with Gasteiger partial charge in [0.1, 0.15) is 0 Å². The Balaban J connectivity index is 0.000000441. The first-order valence-corrected chi connectivity index (χ1v) is 21.0. The van der Waals surface area contributed by atoms with Crippen molar-refractivity contribution in [2.24, 2.45) is 0 Å². The number of aromatic nitrogens is 2. The average Bonchev–Trinajstić information content (AvgIpc) is 3.12. The number of aryl methyl sites for hydroxylation is 2. The molecule has 0 saturated carbocycles. The number of aliphatic hydroxyl groups excluding tert-OH is 1. The summed E-state index contributed by atoms with van der Waals surface area (Å²) < 4.78 is 17.1. The Morgan fingerprint density at radius 2 is 1.21 bits per heavy atom. The fourth-order valence-corrected chi connectivity index (χ4v) is 4.22. The summed E-state index contributed by atoms with van der Waals surface area (Å²) >= 11 is 22.2. The van der Waals surface area contributed by atoms with Gasteiger partial charge < -0.3 is 24.4 Å². The lowest BCUT2D eigenvalue weighted by Crippen LogP contribution is -1.94. The molecule has 0 radical (unpaired) electrons. The van der Waals surface area contributed by atoms with Crippen LogP contribution in [-0.2, 0) is 12.8 Å². The van der Waals surface area contributed by atoms with Crippen LogP contribution in [0.5, 0.6) is 34.8 Å². The minimum absolute atomic E-state index is 0.0649. The molecule has 52 heavy (non-hydrogen) atoms. The Hall–Kier alpha value is -2.42. The monoisotopic (exact) mass is 1000 g/mol. The van der Waals surface area contributed by atoms with Crippen LogP contribution >= 0.6 is 86.4 Å². The number of phenols is 1. The van der Waals surface area contributed by atoms with Crippen molar-refractivity contribution in [3.8, 4) is 58.4 Å². The molecule has 0 amide bonds. The summed E-state index contributed by atoms with van der Waals surface area (Å²) in [4.78, 5) is 8.45. The molecule has 2 aromatic carbocycles. The molecule has 0 saturated heterocycles. The standard InChI is InChI=1S/C19H21NO3.C18H18BrNO2.CH2Cl2.BBr3/c1-3-6-15-8-10-17(18(13-15)22-2)23-19-11-9-16(14-20-19)7-4-5-12-21;1-2-5-14-7-9-17(16(21)12-14)22-18-10-8-15(13-20-18)6-3-4-11-19;2-1-3;2-1(3)4/h8-11,13-14,21H,3,5-6,12H2,1-2H3;7-10,12-13,21H,2,4-5,11H2,1H3;1H2;. The fourth-order valence-electron chi connectivity index (χ4n) is 4.02. The van der Waals surface area contributed by atoms with Crippen LogP contribution in [0, 0.1) is 23.7 Å². The number of hydrogen-bond acceptors (Lipinski definition) is 7. The van der Waals surface area contributed by atoms with Gasteiger partial charge in [-0.3, -0.25) is 0 Å². The number of benzene rings is 2. The highest BCUT2D eigenvalue weighted by Gasteiger charge is 2.08. The van der Waals surface area contributed by atoms with Gasteiger partial charge in [-0.25, -0.2) is 9.97 Å². The van der Waals surface area contributed by atoms with Crippen molar-refractivity contribution in [1.29, 1.82) is 0 Å². The van der Waals surface area contributed by atoms with Crippen molar-refractivity contribution in [1.82, 2.24) is 9.97 Å². The summed E-state index contributed by atoms with van der Waals surface area (Å²) in [6.45, 7) is 4.31. The van der Waals surface area contributed by atoms with Crippen molar-refractivity contribution in [2.45, 2.75) is 52.4 Å². The second kappa shape index (κ2) is 30.0. The van der Waals surface area contributed by atoms with Gasteiger partial charge in [-0.05, 0) is 60.4 Å². The lowest BCUT2D eigenvalue weighted by molar-refractivity contribution is 0.305. The largest absolute Gasteiger partial charge is 0.504 e. The van der Waals surface area contributed by atoms with Crippen molar-refractivity contribution in [2.75, 3.05) is 24.4 Å². The molecule has 4 rings (SSSR count). The topological polar surface area (TPSA) is 93.9 Å². The van der Waals surface area contributed by atoms with E-state index in [4.69, 9.17) is 42.5 Å². The number of aliphatic hydroxyl groups is 1. The molecule has 278 valence electrons. The Labute approximate surface area is 351 Å². The van der Waals surface area contributed by atoms with E-state index in [1.165, 1.54) is 5.56 Å². The molecular weight excluding hydrogens is 966 g/mol. The van der Waals surface area contributed by atoms with Gasteiger partial charge in [0.25, 0.3) is 0 Å². The van der Waals surface area contributed by atoms with Crippen molar-refractivity contribution in [3.05, 3.63) is 95.3 Å². The van der Waals surface area contributed by atoms with E-state index in [0.29, 0.717) is 35.4 Å². The van der Waals surface area contributed by atoms with Crippen LogP contribution in [0.2, 0.25) is 0 Å². The van der Waals surface area contributed by atoms with Crippen molar-refractivity contribution >= 4 is 89.6 Å². The number of nitrogens with zero attached hydrogens (tertiary/aromatic N) is 2. The molecule has 4 aromatic rings. The van der Waals surface area contributed by atoms with E-state index in [1.54, 1.807) is 43.8 Å². The zero-order valence-electron chi connectivity index (χ0n) is 29.2. The summed E-state index contributed by atoms with van der Waals surface area (Å²) in [5.41, 5.74) is 3.95. The molecule has 0 fully saturated rings. The second-order valence-corrected chi connectivity index (χ2v) is 18.2. The maximum absolute atomic E-state index is 10.00. The third kappa shape index (κ3) is 21.3. The summed E-state index contributed by atoms with van der Waals surface area (Å²) in [7, 11) is 1.63. The first-order valence-electron chi connectivity index (χ1n) is 16.1. The van der Waals surface area contributed by atoms with Crippen molar-refractivity contribution in [3.63, 3.8) is 0 Å². The molecule has 14 heteroatoms. The molecule has 2 N–H and O–H groups in total. The number of rotatable bonds is 11. The van der Waals surface area contributed by atoms with Crippen molar-refractivity contribution < 1.29 is 24.4 Å². The highest BCUT2D eigenvalue weighted by molar-refractivity contribution is 9.69. The molecule has 0 aliphatic rings. The Bertz CT molecular complexity index is 1700. The molecule has 0 aliphatic heterocycles. The lowest BCUT2D eigenvalue weighted by atomic mass is 10.1. The number of halogens is 6. The number of pyridine rings is 2. The van der Waals surface area contributed by atoms with Gasteiger partial charge in [0, 0.05) is 53.8 Å². The van der Waals surface area contributed by atoms with Gasteiger partial charge >= 0.3 is 3.18 Å². The number of alkyl halides is 3. The maximum atomic E-state index is 10.00. The zero-order chi connectivity index (χ0) is 38.6. The van der Waals surface area contributed by atoms with Crippen LogP contribution in [0.4, 0.5) is 0 Å². The van der Waals surface area contributed by atoms with Gasteiger partial charge in [-0.2, -0.15) is 0 Å². The minimum atomic E-state index is 0.0649. The van der Waals surface area contributed by atoms with Crippen LogP contribution in [0.1, 0.15) is 61.8 Å². The van der Waals surface area contributed by atoms with E-state index in [1.807, 2.05) is 36.4 Å². The average molecular weight is 1010 g/mol. The van der Waals surface area contributed by atoms with Gasteiger partial charge in [0.2, 0.25) is 11.8 Å². The molecule has 2 heterocycles. The van der Waals surface area contributed by atoms with E-state index < -0.39 is 0 Å². The summed E-state index contributed by atoms with van der Waals surface area (Å²) in [5.74, 6) is 14.6. The molecule has 0 atom stereocenters. The van der Waals surface area contributed by atoms with E-state index >= 15 is 0 Å². The lowest BCUT2D eigenvalue weighted by Gasteiger charge is -2.11. The number of aromatic hydroxyl groups is 1. The highest BCUT2D eigenvalue weighted by Crippen LogP contribution is 2.32. The third-order valence-corrected chi connectivity index (χ3v) is 6.55. The Kier molecular flexibility index (Phi) is 27.4. The van der Waals surface area contributed by atoms with Gasteiger partial charge in [-0.15, -0.1) is 70.5 Å². The van der Waals surface area contributed by atoms with E-state index in [2.05, 4.69) is 111 Å². The van der Waals surface area contributed by atoms with Crippen LogP contribution in [0.25, 0.3) is 0 Å². The molecular formula is C38H41BBr4Cl2N2O5. The zero-order valence-corrected chi connectivity index (χ0v) is 37.0. The number of ether oxygens (including phenoxy) is 3. The smallest absolute Gasteiger partial charge is 0.369 e. The van der Waals surface area contributed by atoms with Crippen LogP contribution in [-0.4, -0.2) is 47.8 Å². The highest BCUT2D eigenvalue weighted by atomic mass is 79.9. The quantitative estimate of drug-likeness (QED) is 0.0878. The van der Waals surface area contributed by atoms with Gasteiger partial charge in [0.05, 0.1) is 19.1 Å². The molecule has 0 unspecified atom stereocenters. The van der Waals surface area contributed by atoms with Crippen LogP contribution < -0.4 is 14.2 Å². The number of methoxy groups -OCH3 is 1. The molecule has 0 aliphatic carbocycles. The first-order chi connectivity index (χ1) is 25.1. The summed E-state index contributed by atoms with van der Waals surface area (Å²) in [5, 5.41) is 19.8. The second-order valence-electron chi connectivity index (χ2n) is 10.1. The summed E-state index contributed by atoms with van der Waals surface area (Å²) in [6.07, 6.45) is 8.65. The van der Waals surface area contributed by atoms with Crippen LogP contribution in [0.15, 0.2) is 73.1 Å².